The van der Waals surface area contributed by atoms with Gasteiger partial charge in [-0.25, -0.2) is 0 Å². The minimum atomic E-state index is 0.750. The minimum Gasteiger partial charge on any atom is -0.331 e. The minimum absolute atomic E-state index is 0.750. The van der Waals surface area contributed by atoms with Crippen LogP contribution in [0.25, 0.3) is 0 Å². The SMILES string of the molecule is CCCCNCCCC.CCCN.CCN.CNC. The highest BCUT2D eigenvalue weighted by Crippen LogP contribution is 1.85. The van der Waals surface area contributed by atoms with Gasteiger partial charge in [-0.3, -0.25) is 0 Å². The number of rotatable bonds is 7. The zero-order chi connectivity index (χ0) is 15.8. The summed E-state index contributed by atoms with van der Waals surface area (Å²) < 4.78 is 0. The highest BCUT2D eigenvalue weighted by Gasteiger charge is 1.83. The van der Waals surface area contributed by atoms with Crippen molar-refractivity contribution in [2.45, 2.75) is 59.8 Å². The summed E-state index contributed by atoms with van der Waals surface area (Å²) in [5.41, 5.74) is 9.88. The molecule has 6 N–H and O–H groups in total. The van der Waals surface area contributed by atoms with E-state index in [9.17, 15) is 0 Å². The third kappa shape index (κ3) is 95.7. The van der Waals surface area contributed by atoms with E-state index in [0.29, 0.717) is 0 Å². The van der Waals surface area contributed by atoms with Gasteiger partial charge in [-0.1, -0.05) is 40.5 Å². The molecule has 0 rings (SSSR count). The van der Waals surface area contributed by atoms with E-state index in [1.54, 1.807) is 0 Å². The maximum absolute atomic E-state index is 5.03. The van der Waals surface area contributed by atoms with E-state index >= 15 is 0 Å². The lowest BCUT2D eigenvalue weighted by atomic mass is 10.3. The standard InChI is InChI=1S/C8H19N.C3H9N.2C2H7N/c1-3-5-7-9-8-6-4-2;1-2-3-4;1-3-2;1-2-3/h9H,3-8H2,1-2H3;2-4H2,1H3;3H,1-2H3;2-3H2,1H3. The zero-order valence-corrected chi connectivity index (χ0v) is 14.5. The molecule has 0 saturated carbocycles. The smallest absolute Gasteiger partial charge is 0.00490 e. The van der Waals surface area contributed by atoms with Crippen LogP contribution in [0.5, 0.6) is 0 Å². The van der Waals surface area contributed by atoms with Gasteiger partial charge in [0.1, 0.15) is 0 Å². The maximum atomic E-state index is 5.03. The average molecular weight is 279 g/mol. The summed E-state index contributed by atoms with van der Waals surface area (Å²) in [5, 5.41) is 6.14. The second-order valence-corrected chi connectivity index (χ2v) is 4.15. The first-order valence-corrected chi connectivity index (χ1v) is 7.85. The Hall–Kier alpha value is -0.160. The molecule has 0 aliphatic rings. The highest BCUT2D eigenvalue weighted by atomic mass is 14.8. The fraction of sp³-hybridized carbons (Fsp3) is 1.00. The van der Waals surface area contributed by atoms with Crippen molar-refractivity contribution < 1.29 is 0 Å². The molecule has 4 nitrogen and oxygen atoms in total. The first-order valence-electron chi connectivity index (χ1n) is 7.85. The van der Waals surface area contributed by atoms with Crippen LogP contribution >= 0.6 is 0 Å². The molecule has 0 radical (unpaired) electrons. The van der Waals surface area contributed by atoms with Gasteiger partial charge in [-0.2, -0.15) is 0 Å². The molecule has 0 unspecified atom stereocenters. The van der Waals surface area contributed by atoms with Crippen molar-refractivity contribution in [1.29, 1.82) is 0 Å². The lowest BCUT2D eigenvalue weighted by Gasteiger charge is -1.99. The second kappa shape index (κ2) is 43.1. The Morgan fingerprint density at radius 1 is 0.737 bits per heavy atom. The Morgan fingerprint density at radius 3 is 1.16 bits per heavy atom. The van der Waals surface area contributed by atoms with Crippen molar-refractivity contribution in [3.63, 3.8) is 0 Å². The molecular formula is C15H42N4. The Balaban J connectivity index is -0.0000000937. The van der Waals surface area contributed by atoms with Gasteiger partial charge in [-0.15, -0.1) is 0 Å². The molecule has 122 valence electrons. The Labute approximate surface area is 123 Å². The molecule has 0 bridgehead atoms. The lowest BCUT2D eigenvalue weighted by Crippen LogP contribution is -2.15. The molecule has 4 heteroatoms. The summed E-state index contributed by atoms with van der Waals surface area (Å²) in [5.74, 6) is 0. The van der Waals surface area contributed by atoms with Gasteiger partial charge in [0.2, 0.25) is 0 Å². The normalized spacial score (nSPS) is 8.21. The van der Waals surface area contributed by atoms with E-state index < -0.39 is 0 Å². The monoisotopic (exact) mass is 278 g/mol. The molecule has 0 aliphatic heterocycles. The molecular weight excluding hydrogens is 236 g/mol. The van der Waals surface area contributed by atoms with Crippen LogP contribution in [-0.2, 0) is 0 Å². The first-order chi connectivity index (χ1) is 9.16. The fourth-order valence-electron chi connectivity index (χ4n) is 0.729. The molecule has 0 amide bonds. The topological polar surface area (TPSA) is 76.1 Å². The summed E-state index contributed by atoms with van der Waals surface area (Å²) in [6.07, 6.45) is 6.35. The van der Waals surface area contributed by atoms with Crippen LogP contribution < -0.4 is 22.1 Å². The van der Waals surface area contributed by atoms with Crippen molar-refractivity contribution in [3.05, 3.63) is 0 Å². The quantitative estimate of drug-likeness (QED) is 0.539. The molecule has 0 aromatic rings. The van der Waals surface area contributed by atoms with E-state index in [2.05, 4.69) is 31.4 Å². The van der Waals surface area contributed by atoms with Gasteiger partial charge in [0.15, 0.2) is 0 Å². The fourth-order valence-corrected chi connectivity index (χ4v) is 0.729. The lowest BCUT2D eigenvalue weighted by molar-refractivity contribution is 0.611. The molecule has 0 heterocycles. The average Bonchev–Trinajstić information content (AvgIpc) is 2.41. The Morgan fingerprint density at radius 2 is 1.00 bits per heavy atom. The molecule has 0 fully saturated rings. The predicted molar refractivity (Wildman–Crippen MR) is 91.7 cm³/mol. The van der Waals surface area contributed by atoms with E-state index in [-0.39, 0.29) is 0 Å². The van der Waals surface area contributed by atoms with Crippen LogP contribution in [-0.4, -0.2) is 40.3 Å². The van der Waals surface area contributed by atoms with Gasteiger partial charge < -0.3 is 22.1 Å². The van der Waals surface area contributed by atoms with E-state index in [1.165, 1.54) is 38.8 Å². The van der Waals surface area contributed by atoms with Crippen molar-refractivity contribution in [2.75, 3.05) is 40.3 Å². The van der Waals surface area contributed by atoms with Crippen LogP contribution in [0.4, 0.5) is 0 Å². The molecule has 0 atom stereocenters. The van der Waals surface area contributed by atoms with Crippen molar-refractivity contribution in [1.82, 2.24) is 10.6 Å². The molecule has 0 aromatic carbocycles. The van der Waals surface area contributed by atoms with Gasteiger partial charge in [0, 0.05) is 0 Å². The van der Waals surface area contributed by atoms with Crippen LogP contribution in [0.15, 0.2) is 0 Å². The first kappa shape index (κ1) is 27.2. The third-order valence-corrected chi connectivity index (χ3v) is 1.70. The summed E-state index contributed by atoms with van der Waals surface area (Å²) in [7, 11) is 3.75. The Bertz CT molecular complexity index is 80.2. The van der Waals surface area contributed by atoms with Gasteiger partial charge in [0.05, 0.1) is 0 Å². The number of hydrogen-bond donors (Lipinski definition) is 4. The Kier molecular flexibility index (Phi) is 61.7. The number of unbranched alkanes of at least 4 members (excludes halogenated alkanes) is 2. The number of hydrogen-bond acceptors (Lipinski definition) is 4. The second-order valence-electron chi connectivity index (χ2n) is 4.15. The zero-order valence-electron chi connectivity index (χ0n) is 14.5. The van der Waals surface area contributed by atoms with Crippen LogP contribution in [0.2, 0.25) is 0 Å². The van der Waals surface area contributed by atoms with E-state index in [0.717, 1.165) is 19.5 Å². The van der Waals surface area contributed by atoms with Gasteiger partial charge in [-0.05, 0) is 59.5 Å². The van der Waals surface area contributed by atoms with Gasteiger partial charge in [0.25, 0.3) is 0 Å². The molecule has 0 spiro atoms. The van der Waals surface area contributed by atoms with Crippen molar-refractivity contribution in [2.24, 2.45) is 11.5 Å². The van der Waals surface area contributed by atoms with Gasteiger partial charge >= 0.3 is 0 Å². The van der Waals surface area contributed by atoms with Crippen LogP contribution in [0, 0.1) is 0 Å². The summed E-state index contributed by atoms with van der Waals surface area (Å²) >= 11 is 0. The van der Waals surface area contributed by atoms with E-state index in [1.807, 2.05) is 21.0 Å². The summed E-state index contributed by atoms with van der Waals surface area (Å²) in [6.45, 7) is 12.4. The third-order valence-electron chi connectivity index (χ3n) is 1.70. The summed E-state index contributed by atoms with van der Waals surface area (Å²) in [4.78, 5) is 0. The van der Waals surface area contributed by atoms with Crippen molar-refractivity contribution >= 4 is 0 Å². The van der Waals surface area contributed by atoms with Crippen molar-refractivity contribution in [3.8, 4) is 0 Å². The molecule has 0 saturated heterocycles. The number of nitrogens with two attached hydrogens (primary N) is 2. The maximum Gasteiger partial charge on any atom is -0.00490 e. The molecule has 19 heavy (non-hydrogen) atoms. The molecule has 0 aromatic heterocycles. The van der Waals surface area contributed by atoms with Crippen LogP contribution in [0.1, 0.15) is 59.8 Å². The molecule has 0 aliphatic carbocycles. The van der Waals surface area contributed by atoms with Crippen LogP contribution in [0.3, 0.4) is 0 Å². The predicted octanol–water partition coefficient (Wildman–Crippen LogP) is 2.33. The summed E-state index contributed by atoms with van der Waals surface area (Å²) in [6, 6.07) is 0. The van der Waals surface area contributed by atoms with E-state index in [4.69, 9.17) is 11.5 Å². The highest BCUT2D eigenvalue weighted by molar-refractivity contribution is 4.45. The largest absolute Gasteiger partial charge is 0.331 e. The number of nitrogens with one attached hydrogen (secondary N) is 2.